The number of carbonyl (C=O) groups excluding carboxylic acids is 1. The number of carbonyl (C=O) groups is 1. The second-order valence-corrected chi connectivity index (χ2v) is 12.3. The van der Waals surface area contributed by atoms with Crippen LogP contribution in [0.15, 0.2) is 23.1 Å². The number of amides is 1. The molecule has 1 aromatic rings. The van der Waals surface area contributed by atoms with Gasteiger partial charge in [0.25, 0.3) is 5.91 Å². The molecule has 2 saturated carbocycles. The molecule has 1 aromatic carbocycles. The number of hydrogen-bond acceptors (Lipinski definition) is 5. The zero-order valence-corrected chi connectivity index (χ0v) is 19.8. The summed E-state index contributed by atoms with van der Waals surface area (Å²) in [6.07, 6.45) is 3.84. The summed E-state index contributed by atoms with van der Waals surface area (Å²) in [6.45, 7) is 7.28. The van der Waals surface area contributed by atoms with Crippen LogP contribution >= 0.6 is 0 Å². The van der Waals surface area contributed by atoms with Crippen LogP contribution in [0.3, 0.4) is 0 Å². The third-order valence-corrected chi connectivity index (χ3v) is 10.0. The molecule has 3 atom stereocenters. The largest absolute Gasteiger partial charge is 0.393 e. The first-order valence-corrected chi connectivity index (χ1v) is 12.7. The molecule has 1 heterocycles. The van der Waals surface area contributed by atoms with E-state index in [4.69, 9.17) is 0 Å². The molecule has 2 aliphatic carbocycles. The Morgan fingerprint density at radius 1 is 1.16 bits per heavy atom. The van der Waals surface area contributed by atoms with E-state index in [1.54, 1.807) is 19.2 Å². The number of hydrogen-bond donors (Lipinski definition) is 3. The number of fused-ring (bicyclic) bond motifs is 2. The van der Waals surface area contributed by atoms with Gasteiger partial charge in [0.15, 0.2) is 0 Å². The molecule has 4 rings (SSSR count). The maximum absolute atomic E-state index is 13.3. The van der Waals surface area contributed by atoms with Gasteiger partial charge in [-0.3, -0.25) is 4.79 Å². The summed E-state index contributed by atoms with van der Waals surface area (Å²) >= 11 is 0. The number of anilines is 1. The van der Waals surface area contributed by atoms with Gasteiger partial charge in [-0.05, 0) is 67.1 Å². The van der Waals surface area contributed by atoms with E-state index < -0.39 is 16.1 Å². The summed E-state index contributed by atoms with van der Waals surface area (Å²) in [4.78, 5) is 13.3. The molecule has 172 valence electrons. The van der Waals surface area contributed by atoms with Crippen LogP contribution in [0, 0.1) is 16.7 Å². The normalized spacial score (nSPS) is 31.0. The molecule has 2 bridgehead atoms. The number of rotatable bonds is 5. The molecule has 0 radical (unpaired) electrons. The molecule has 1 saturated heterocycles. The zero-order valence-electron chi connectivity index (χ0n) is 18.9. The quantitative estimate of drug-likeness (QED) is 0.642. The Kier molecular flexibility index (Phi) is 5.63. The third kappa shape index (κ3) is 3.76. The van der Waals surface area contributed by atoms with Crippen molar-refractivity contribution in [3.05, 3.63) is 23.8 Å². The molecule has 1 amide bonds. The van der Waals surface area contributed by atoms with Crippen molar-refractivity contribution in [2.75, 3.05) is 25.5 Å². The van der Waals surface area contributed by atoms with Gasteiger partial charge >= 0.3 is 0 Å². The van der Waals surface area contributed by atoms with E-state index in [9.17, 15) is 18.3 Å². The van der Waals surface area contributed by atoms with Gasteiger partial charge in [-0.15, -0.1) is 0 Å². The van der Waals surface area contributed by atoms with Crippen molar-refractivity contribution in [3.63, 3.8) is 0 Å². The van der Waals surface area contributed by atoms with E-state index >= 15 is 0 Å². The minimum Gasteiger partial charge on any atom is -0.393 e. The van der Waals surface area contributed by atoms with Crippen molar-refractivity contribution in [3.8, 4) is 0 Å². The summed E-state index contributed by atoms with van der Waals surface area (Å²) in [5.74, 6) is 0.389. The molecular formula is C23H35N3O4S. The van der Waals surface area contributed by atoms with Crippen LogP contribution in [0.25, 0.3) is 0 Å². The van der Waals surface area contributed by atoms with Crippen molar-refractivity contribution in [2.24, 2.45) is 16.7 Å². The fourth-order valence-electron chi connectivity index (χ4n) is 6.18. The fourth-order valence-corrected chi connectivity index (χ4v) is 7.88. The third-order valence-electron chi connectivity index (χ3n) is 8.10. The number of benzene rings is 1. The molecule has 1 aliphatic heterocycles. The predicted molar refractivity (Wildman–Crippen MR) is 120 cm³/mol. The lowest BCUT2D eigenvalue weighted by Crippen LogP contribution is -2.52. The van der Waals surface area contributed by atoms with Crippen LogP contribution in [0.2, 0.25) is 0 Å². The number of piperidine rings is 1. The van der Waals surface area contributed by atoms with E-state index in [-0.39, 0.29) is 40.8 Å². The first kappa shape index (κ1) is 22.6. The van der Waals surface area contributed by atoms with E-state index in [1.165, 1.54) is 16.8 Å². The highest BCUT2D eigenvalue weighted by Crippen LogP contribution is 2.62. The number of sulfonamides is 1. The maximum atomic E-state index is 13.3. The Morgan fingerprint density at radius 2 is 1.84 bits per heavy atom. The first-order chi connectivity index (χ1) is 14.5. The molecule has 7 nitrogen and oxygen atoms in total. The van der Waals surface area contributed by atoms with Crippen molar-refractivity contribution in [1.29, 1.82) is 0 Å². The standard InChI is InChI=1S/C23H35N3O4S/c1-22(2)16-7-10-23(3,14-16)21(22)25-20(28)15-5-6-18(24-4)19(13-15)31(29,30)26-11-8-17(27)9-12-26/h5-6,13,16-17,21,24,27H,7-12,14H2,1-4H3,(H,25,28)/t16-,21?,23-/m0/s1. The average Bonchev–Trinajstić information content (AvgIpc) is 3.22. The molecule has 3 fully saturated rings. The highest BCUT2D eigenvalue weighted by molar-refractivity contribution is 7.89. The average molecular weight is 450 g/mol. The Bertz CT molecular complexity index is 964. The molecule has 8 heteroatoms. The predicted octanol–water partition coefficient (Wildman–Crippen LogP) is 2.82. The summed E-state index contributed by atoms with van der Waals surface area (Å²) in [5.41, 5.74) is 0.946. The van der Waals surface area contributed by atoms with Crippen molar-refractivity contribution >= 4 is 21.6 Å². The topological polar surface area (TPSA) is 98.7 Å². The summed E-state index contributed by atoms with van der Waals surface area (Å²) in [5, 5.41) is 15.9. The molecular weight excluding hydrogens is 414 g/mol. The number of aliphatic hydroxyl groups is 1. The summed E-state index contributed by atoms with van der Waals surface area (Å²) in [6, 6.07) is 4.90. The lowest BCUT2D eigenvalue weighted by molar-refractivity contribution is 0.0737. The maximum Gasteiger partial charge on any atom is 0.251 e. The second kappa shape index (κ2) is 7.74. The lowest BCUT2D eigenvalue weighted by atomic mass is 9.68. The zero-order chi connectivity index (χ0) is 22.6. The van der Waals surface area contributed by atoms with Gasteiger partial charge in [0.2, 0.25) is 10.0 Å². The van der Waals surface area contributed by atoms with Crippen LogP contribution in [0.5, 0.6) is 0 Å². The highest BCUT2D eigenvalue weighted by Gasteiger charge is 2.59. The second-order valence-electron chi connectivity index (χ2n) is 10.4. The van der Waals surface area contributed by atoms with E-state index in [1.807, 2.05) is 0 Å². The van der Waals surface area contributed by atoms with Gasteiger partial charge in [0, 0.05) is 31.7 Å². The van der Waals surface area contributed by atoms with Crippen molar-refractivity contribution in [2.45, 2.75) is 69.9 Å². The minimum absolute atomic E-state index is 0.0249. The SMILES string of the molecule is CNc1ccc(C(=O)NC2C(C)(C)[C@H]3CC[C@@]2(C)C3)cc1S(=O)(=O)N1CCC(O)CC1. The molecule has 3 N–H and O–H groups in total. The van der Waals surface area contributed by atoms with Crippen molar-refractivity contribution < 1.29 is 18.3 Å². The van der Waals surface area contributed by atoms with Gasteiger partial charge in [-0.25, -0.2) is 8.42 Å². The smallest absolute Gasteiger partial charge is 0.251 e. The lowest BCUT2D eigenvalue weighted by Gasteiger charge is -2.43. The van der Waals surface area contributed by atoms with Crippen LogP contribution in [-0.2, 0) is 10.0 Å². The van der Waals surface area contributed by atoms with E-state index in [2.05, 4.69) is 31.4 Å². The van der Waals surface area contributed by atoms with Crippen molar-refractivity contribution in [1.82, 2.24) is 9.62 Å². The molecule has 0 spiro atoms. The Morgan fingerprint density at radius 3 is 2.42 bits per heavy atom. The molecule has 1 unspecified atom stereocenters. The van der Waals surface area contributed by atoms with Gasteiger partial charge in [-0.1, -0.05) is 20.8 Å². The fraction of sp³-hybridized carbons (Fsp3) is 0.696. The molecule has 31 heavy (non-hydrogen) atoms. The number of aliphatic hydroxyl groups excluding tert-OH is 1. The first-order valence-electron chi connectivity index (χ1n) is 11.3. The van der Waals surface area contributed by atoms with Crippen LogP contribution in [-0.4, -0.2) is 56.0 Å². The highest BCUT2D eigenvalue weighted by atomic mass is 32.2. The van der Waals surface area contributed by atoms with Gasteiger partial charge in [-0.2, -0.15) is 4.31 Å². The van der Waals surface area contributed by atoms with E-state index in [0.717, 1.165) is 12.8 Å². The molecule has 3 aliphatic rings. The van der Waals surface area contributed by atoms with Gasteiger partial charge in [0.1, 0.15) is 4.90 Å². The Balaban J connectivity index is 1.61. The van der Waals surface area contributed by atoms with Crippen LogP contribution in [0.1, 0.15) is 63.2 Å². The van der Waals surface area contributed by atoms with Gasteiger partial charge in [0.05, 0.1) is 11.8 Å². The number of nitrogens with zero attached hydrogens (tertiary/aromatic N) is 1. The Hall–Kier alpha value is -1.64. The van der Waals surface area contributed by atoms with Gasteiger partial charge < -0.3 is 15.7 Å². The molecule has 0 aromatic heterocycles. The van der Waals surface area contributed by atoms with E-state index in [0.29, 0.717) is 30.0 Å². The van der Waals surface area contributed by atoms with Crippen LogP contribution < -0.4 is 10.6 Å². The number of nitrogens with one attached hydrogen (secondary N) is 2. The summed E-state index contributed by atoms with van der Waals surface area (Å²) in [7, 11) is -2.10. The summed E-state index contributed by atoms with van der Waals surface area (Å²) < 4.78 is 28.0. The van der Waals surface area contributed by atoms with Crippen LogP contribution in [0.4, 0.5) is 5.69 Å². The minimum atomic E-state index is -3.78. The monoisotopic (exact) mass is 449 g/mol. The Labute approximate surface area is 185 Å².